The summed E-state index contributed by atoms with van der Waals surface area (Å²) in [6, 6.07) is 2.41. The highest BCUT2D eigenvalue weighted by molar-refractivity contribution is 5.92. The molecule has 0 aliphatic carbocycles. The quantitative estimate of drug-likeness (QED) is 0.469. The van der Waals surface area contributed by atoms with E-state index in [0.29, 0.717) is 11.8 Å². The molecule has 1 unspecified atom stereocenters. The molecule has 2 heterocycles. The van der Waals surface area contributed by atoms with Crippen molar-refractivity contribution >= 4 is 5.91 Å². The summed E-state index contributed by atoms with van der Waals surface area (Å²) in [6.45, 7) is 2.80. The number of hydrogen-bond donors (Lipinski definition) is 2. The van der Waals surface area contributed by atoms with Crippen LogP contribution in [0.25, 0.3) is 0 Å². The van der Waals surface area contributed by atoms with Gasteiger partial charge in [0, 0.05) is 24.7 Å². The van der Waals surface area contributed by atoms with Crippen LogP contribution >= 0.6 is 0 Å². The molecule has 1 atom stereocenters. The van der Waals surface area contributed by atoms with E-state index in [1.807, 2.05) is 6.07 Å². The fourth-order valence-electron chi connectivity index (χ4n) is 2.56. The second-order valence-electron chi connectivity index (χ2n) is 5.24. The number of nitrogen functional groups attached to an aromatic ring is 1. The maximum Gasteiger partial charge on any atom is 0.301 e. The van der Waals surface area contributed by atoms with Crippen LogP contribution in [0, 0.1) is 0 Å². The van der Waals surface area contributed by atoms with Gasteiger partial charge in [0.15, 0.2) is 5.76 Å². The number of hydrogen-bond acceptors (Lipinski definition) is 5. The minimum Gasteiger partial charge on any atom is -0.459 e. The fourth-order valence-corrected chi connectivity index (χ4v) is 2.56. The Morgan fingerprint density at radius 2 is 2.42 bits per heavy atom. The first-order valence-electron chi connectivity index (χ1n) is 6.58. The molecular weight excluding hydrogens is 244 g/mol. The van der Waals surface area contributed by atoms with Crippen molar-refractivity contribution in [1.82, 2.24) is 15.2 Å². The molecular formula is C13H22N4O2. The molecule has 0 bridgehead atoms. The molecule has 6 nitrogen and oxygen atoms in total. The van der Waals surface area contributed by atoms with E-state index < -0.39 is 0 Å². The minimum atomic E-state index is -0.374. The zero-order valence-electron chi connectivity index (χ0n) is 11.6. The summed E-state index contributed by atoms with van der Waals surface area (Å²) in [7, 11) is 4.22. The van der Waals surface area contributed by atoms with Gasteiger partial charge in [0.2, 0.25) is 0 Å². The number of hydrazine groups is 1. The van der Waals surface area contributed by atoms with Crippen molar-refractivity contribution in [1.29, 1.82) is 0 Å². The summed E-state index contributed by atoms with van der Waals surface area (Å²) < 4.78 is 5.20. The molecule has 106 valence electrons. The summed E-state index contributed by atoms with van der Waals surface area (Å²) in [4.78, 5) is 16.2. The van der Waals surface area contributed by atoms with Crippen molar-refractivity contribution in [2.45, 2.75) is 25.4 Å². The second kappa shape index (κ2) is 6.18. The van der Waals surface area contributed by atoms with E-state index in [-0.39, 0.29) is 5.91 Å². The lowest BCUT2D eigenvalue weighted by Crippen LogP contribution is -2.44. The standard InChI is InChI=1S/C13H22N4O2/c1-16(2)11-4-3-6-17(9-11)8-10-5-7-19-12(10)13(18)15-14/h5,7,11H,3-4,6,8-9,14H2,1-2H3,(H,15,18). The molecule has 1 aliphatic rings. The number of rotatable bonds is 4. The van der Waals surface area contributed by atoms with E-state index in [0.717, 1.165) is 25.2 Å². The minimum absolute atomic E-state index is 0.314. The van der Waals surface area contributed by atoms with Crippen LogP contribution in [0.3, 0.4) is 0 Å². The van der Waals surface area contributed by atoms with Crippen LogP contribution in [-0.2, 0) is 6.54 Å². The van der Waals surface area contributed by atoms with E-state index in [1.165, 1.54) is 19.1 Å². The number of likely N-dealkylation sites (N-methyl/N-ethyl adjacent to an activating group) is 1. The first kappa shape index (κ1) is 14.0. The van der Waals surface area contributed by atoms with Gasteiger partial charge in [-0.05, 0) is 39.5 Å². The predicted octanol–water partition coefficient (Wildman–Crippen LogP) is 0.409. The average Bonchev–Trinajstić information content (AvgIpc) is 2.86. The molecule has 0 radical (unpaired) electrons. The van der Waals surface area contributed by atoms with Gasteiger partial charge in [0.1, 0.15) is 0 Å². The molecule has 19 heavy (non-hydrogen) atoms. The average molecular weight is 266 g/mol. The van der Waals surface area contributed by atoms with Crippen molar-refractivity contribution in [3.05, 3.63) is 23.7 Å². The predicted molar refractivity (Wildman–Crippen MR) is 72.3 cm³/mol. The van der Waals surface area contributed by atoms with Crippen LogP contribution in [0.1, 0.15) is 29.0 Å². The molecule has 6 heteroatoms. The Kier molecular flexibility index (Phi) is 4.57. The van der Waals surface area contributed by atoms with Crippen LogP contribution in [0.5, 0.6) is 0 Å². The highest BCUT2D eigenvalue weighted by atomic mass is 16.3. The maximum atomic E-state index is 11.6. The molecule has 1 aliphatic heterocycles. The van der Waals surface area contributed by atoms with Crippen molar-refractivity contribution in [3.8, 4) is 0 Å². The largest absolute Gasteiger partial charge is 0.459 e. The van der Waals surface area contributed by atoms with Gasteiger partial charge >= 0.3 is 5.91 Å². The Labute approximate surface area is 113 Å². The lowest BCUT2D eigenvalue weighted by molar-refractivity contribution is 0.0919. The molecule has 0 saturated carbocycles. The van der Waals surface area contributed by atoms with Gasteiger partial charge in [-0.2, -0.15) is 0 Å². The molecule has 1 saturated heterocycles. The van der Waals surface area contributed by atoms with Gasteiger partial charge in [0.25, 0.3) is 0 Å². The lowest BCUT2D eigenvalue weighted by atomic mass is 10.0. The third kappa shape index (κ3) is 3.34. The number of piperidine rings is 1. The Morgan fingerprint density at radius 1 is 1.63 bits per heavy atom. The van der Waals surface area contributed by atoms with E-state index in [2.05, 4.69) is 29.3 Å². The van der Waals surface area contributed by atoms with Crippen LogP contribution in [-0.4, -0.2) is 48.9 Å². The summed E-state index contributed by atoms with van der Waals surface area (Å²) in [5.41, 5.74) is 3.00. The summed E-state index contributed by atoms with van der Waals surface area (Å²) in [6.07, 6.45) is 3.94. The van der Waals surface area contributed by atoms with Crippen molar-refractivity contribution < 1.29 is 9.21 Å². The second-order valence-corrected chi connectivity index (χ2v) is 5.24. The van der Waals surface area contributed by atoms with E-state index in [9.17, 15) is 4.79 Å². The third-order valence-corrected chi connectivity index (χ3v) is 3.69. The van der Waals surface area contributed by atoms with E-state index in [1.54, 1.807) is 0 Å². The topological polar surface area (TPSA) is 74.7 Å². The number of carbonyl (C=O) groups excluding carboxylic acids is 1. The Balaban J connectivity index is 2.01. The fraction of sp³-hybridized carbons (Fsp3) is 0.615. The molecule has 1 aromatic heterocycles. The molecule has 3 N–H and O–H groups in total. The first-order chi connectivity index (χ1) is 9.11. The Hall–Kier alpha value is -1.37. The number of carbonyl (C=O) groups is 1. The molecule has 1 amide bonds. The molecule has 1 aromatic rings. The first-order valence-corrected chi connectivity index (χ1v) is 6.58. The van der Waals surface area contributed by atoms with Gasteiger partial charge in [-0.15, -0.1) is 0 Å². The number of amides is 1. The maximum absolute atomic E-state index is 11.6. The highest BCUT2D eigenvalue weighted by Crippen LogP contribution is 2.19. The van der Waals surface area contributed by atoms with Gasteiger partial charge in [-0.1, -0.05) is 0 Å². The number of likely N-dealkylation sites (tertiary alicyclic amines) is 1. The van der Waals surface area contributed by atoms with Crippen LogP contribution in [0.15, 0.2) is 16.7 Å². The van der Waals surface area contributed by atoms with E-state index >= 15 is 0 Å². The number of nitrogens with two attached hydrogens (primary N) is 1. The zero-order valence-corrected chi connectivity index (χ0v) is 11.6. The van der Waals surface area contributed by atoms with Crippen molar-refractivity contribution in [2.75, 3.05) is 27.2 Å². The SMILES string of the molecule is CN(C)C1CCCN(Cc2ccoc2C(=O)NN)C1. The molecule has 0 aromatic carbocycles. The van der Waals surface area contributed by atoms with Crippen molar-refractivity contribution in [2.24, 2.45) is 5.84 Å². The Bertz CT molecular complexity index is 430. The van der Waals surface area contributed by atoms with Crippen LogP contribution in [0.2, 0.25) is 0 Å². The summed E-state index contributed by atoms with van der Waals surface area (Å²) in [5, 5.41) is 0. The molecule has 0 spiro atoms. The number of nitrogens with zero attached hydrogens (tertiary/aromatic N) is 2. The summed E-state index contributed by atoms with van der Waals surface area (Å²) >= 11 is 0. The smallest absolute Gasteiger partial charge is 0.301 e. The normalized spacial score (nSPS) is 20.7. The summed E-state index contributed by atoms with van der Waals surface area (Å²) in [5.74, 6) is 5.09. The van der Waals surface area contributed by atoms with E-state index in [4.69, 9.17) is 10.3 Å². The van der Waals surface area contributed by atoms with Gasteiger partial charge < -0.3 is 9.32 Å². The monoisotopic (exact) mass is 266 g/mol. The van der Waals surface area contributed by atoms with Crippen LogP contribution < -0.4 is 11.3 Å². The van der Waals surface area contributed by atoms with Gasteiger partial charge in [-0.25, -0.2) is 5.84 Å². The zero-order chi connectivity index (χ0) is 13.8. The molecule has 1 fully saturated rings. The van der Waals surface area contributed by atoms with Gasteiger partial charge in [-0.3, -0.25) is 15.1 Å². The highest BCUT2D eigenvalue weighted by Gasteiger charge is 2.23. The Morgan fingerprint density at radius 3 is 3.11 bits per heavy atom. The third-order valence-electron chi connectivity index (χ3n) is 3.69. The lowest BCUT2D eigenvalue weighted by Gasteiger charge is -2.36. The molecule has 2 rings (SSSR count). The number of furan rings is 1. The number of nitrogens with one attached hydrogen (secondary N) is 1. The van der Waals surface area contributed by atoms with Crippen molar-refractivity contribution in [3.63, 3.8) is 0 Å². The van der Waals surface area contributed by atoms with Gasteiger partial charge in [0.05, 0.1) is 6.26 Å². The van der Waals surface area contributed by atoms with Crippen LogP contribution in [0.4, 0.5) is 0 Å².